The van der Waals surface area contributed by atoms with E-state index in [1.54, 1.807) is 18.2 Å². The maximum absolute atomic E-state index is 12.4. The van der Waals surface area contributed by atoms with E-state index < -0.39 is 11.8 Å². The summed E-state index contributed by atoms with van der Waals surface area (Å²) >= 11 is 10.9. The lowest BCUT2D eigenvalue weighted by Gasteiger charge is -2.27. The molecule has 0 unspecified atom stereocenters. The van der Waals surface area contributed by atoms with Gasteiger partial charge >= 0.3 is 0 Å². The average Bonchev–Trinajstić information content (AvgIpc) is 2.48. The molecule has 1 aromatic carbocycles. The molecule has 0 saturated carbocycles. The topological polar surface area (TPSA) is 58.6 Å². The average molecular weight is 337 g/mol. The second-order valence-corrected chi connectivity index (χ2v) is 5.23. The number of ether oxygens (including phenoxy) is 1. The van der Waals surface area contributed by atoms with Crippen LogP contribution in [0.1, 0.15) is 5.56 Å². The minimum Gasteiger partial charge on any atom is -0.496 e. The predicted molar refractivity (Wildman–Crippen MR) is 88.6 cm³/mol. The molecule has 5 nitrogen and oxygen atoms in total. The van der Waals surface area contributed by atoms with Gasteiger partial charge in [0.15, 0.2) is 5.11 Å². The van der Waals surface area contributed by atoms with Crippen LogP contribution in [0.4, 0.5) is 0 Å². The van der Waals surface area contributed by atoms with Crippen molar-refractivity contribution in [1.29, 1.82) is 0 Å². The highest BCUT2D eigenvalue weighted by Gasteiger charge is 2.32. The van der Waals surface area contributed by atoms with Crippen LogP contribution >= 0.6 is 23.8 Å². The smallest absolute Gasteiger partial charge is 0.265 e. The van der Waals surface area contributed by atoms with E-state index in [-0.39, 0.29) is 17.2 Å². The highest BCUT2D eigenvalue weighted by molar-refractivity contribution is 7.80. The lowest BCUT2D eigenvalue weighted by atomic mass is 10.1. The van der Waals surface area contributed by atoms with Gasteiger partial charge in [0.05, 0.1) is 7.11 Å². The summed E-state index contributed by atoms with van der Waals surface area (Å²) in [6.45, 7) is 3.78. The van der Waals surface area contributed by atoms with Crippen molar-refractivity contribution in [3.05, 3.63) is 47.0 Å². The van der Waals surface area contributed by atoms with Crippen molar-refractivity contribution in [3.63, 3.8) is 0 Å². The number of amides is 2. The summed E-state index contributed by atoms with van der Waals surface area (Å²) in [5.41, 5.74) is 0.482. The first-order chi connectivity index (χ1) is 10.5. The molecule has 1 fully saturated rings. The molecule has 1 N–H and O–H groups in total. The highest BCUT2D eigenvalue weighted by Crippen LogP contribution is 2.26. The number of benzene rings is 1. The van der Waals surface area contributed by atoms with Gasteiger partial charge in [-0.15, -0.1) is 6.58 Å². The zero-order chi connectivity index (χ0) is 16.3. The van der Waals surface area contributed by atoms with Gasteiger partial charge in [0.1, 0.15) is 11.3 Å². The van der Waals surface area contributed by atoms with Gasteiger partial charge in [-0.2, -0.15) is 0 Å². The fraction of sp³-hybridized carbons (Fsp3) is 0.133. The van der Waals surface area contributed by atoms with Crippen LogP contribution in [0, 0.1) is 0 Å². The Labute approximate surface area is 138 Å². The van der Waals surface area contributed by atoms with E-state index in [0.29, 0.717) is 16.3 Å². The molecular formula is C15H13ClN2O3S. The van der Waals surface area contributed by atoms with Gasteiger partial charge in [-0.25, -0.2) is 0 Å². The van der Waals surface area contributed by atoms with Crippen LogP contribution in [-0.4, -0.2) is 35.5 Å². The number of carbonyl (C=O) groups is 2. The van der Waals surface area contributed by atoms with Crippen LogP contribution in [-0.2, 0) is 9.59 Å². The fourth-order valence-electron chi connectivity index (χ4n) is 1.96. The molecule has 114 valence electrons. The minimum absolute atomic E-state index is 0.0454. The summed E-state index contributed by atoms with van der Waals surface area (Å²) in [6.07, 6.45) is 2.96. The number of nitrogens with one attached hydrogen (secondary N) is 1. The normalized spacial score (nSPS) is 16.7. The molecule has 0 atom stereocenters. The van der Waals surface area contributed by atoms with Crippen LogP contribution in [0.25, 0.3) is 6.08 Å². The number of hydrogen-bond donors (Lipinski definition) is 1. The van der Waals surface area contributed by atoms with Crippen molar-refractivity contribution >= 4 is 46.8 Å². The minimum atomic E-state index is -0.558. The third kappa shape index (κ3) is 3.18. The Balaban J connectivity index is 2.47. The SMILES string of the molecule is C=CCN1C(=O)C(=Cc2cc(Cl)ccc2OC)C(=O)NC1=S. The molecule has 1 heterocycles. The Morgan fingerprint density at radius 2 is 2.18 bits per heavy atom. The zero-order valence-corrected chi connectivity index (χ0v) is 13.3. The molecule has 2 amide bonds. The second kappa shape index (κ2) is 6.72. The van der Waals surface area contributed by atoms with Gasteiger partial charge in [0.25, 0.3) is 11.8 Å². The van der Waals surface area contributed by atoms with Crippen molar-refractivity contribution in [2.75, 3.05) is 13.7 Å². The van der Waals surface area contributed by atoms with Gasteiger partial charge < -0.3 is 4.74 Å². The van der Waals surface area contributed by atoms with E-state index in [1.807, 2.05) is 0 Å². The molecule has 0 aromatic heterocycles. The number of hydrogen-bond acceptors (Lipinski definition) is 4. The molecule has 7 heteroatoms. The molecule has 0 radical (unpaired) electrons. The largest absolute Gasteiger partial charge is 0.496 e. The van der Waals surface area contributed by atoms with Crippen molar-refractivity contribution < 1.29 is 14.3 Å². The standard InChI is InChI=1S/C15H13ClN2O3S/c1-3-6-18-14(20)11(13(19)17-15(18)22)8-9-7-10(16)4-5-12(9)21-2/h3-5,7-8H,1,6H2,2H3,(H,17,19,22). The molecule has 0 spiro atoms. The van der Waals surface area contributed by atoms with E-state index in [9.17, 15) is 9.59 Å². The van der Waals surface area contributed by atoms with Crippen LogP contribution in [0.5, 0.6) is 5.75 Å². The van der Waals surface area contributed by atoms with Crippen molar-refractivity contribution in [2.24, 2.45) is 0 Å². The van der Waals surface area contributed by atoms with Gasteiger partial charge in [0, 0.05) is 17.1 Å². The Kier molecular flexibility index (Phi) is 4.95. The first-order valence-electron chi connectivity index (χ1n) is 6.31. The number of nitrogens with zero attached hydrogens (tertiary/aromatic N) is 1. The summed E-state index contributed by atoms with van der Waals surface area (Å²) in [5, 5.41) is 3.00. The van der Waals surface area contributed by atoms with E-state index in [2.05, 4.69) is 11.9 Å². The first-order valence-corrected chi connectivity index (χ1v) is 7.10. The Morgan fingerprint density at radius 1 is 1.45 bits per heavy atom. The number of carbonyl (C=O) groups excluding carboxylic acids is 2. The van der Waals surface area contributed by atoms with Crippen LogP contribution in [0.3, 0.4) is 0 Å². The molecular weight excluding hydrogens is 324 g/mol. The lowest BCUT2D eigenvalue weighted by Crippen LogP contribution is -2.53. The van der Waals surface area contributed by atoms with E-state index in [1.165, 1.54) is 24.2 Å². The second-order valence-electron chi connectivity index (χ2n) is 4.41. The van der Waals surface area contributed by atoms with Crippen molar-refractivity contribution in [3.8, 4) is 5.75 Å². The summed E-state index contributed by atoms with van der Waals surface area (Å²) in [7, 11) is 1.49. The van der Waals surface area contributed by atoms with E-state index in [4.69, 9.17) is 28.6 Å². The third-order valence-corrected chi connectivity index (χ3v) is 3.55. The van der Waals surface area contributed by atoms with Crippen LogP contribution < -0.4 is 10.1 Å². The first kappa shape index (κ1) is 16.2. The predicted octanol–water partition coefficient (Wildman–Crippen LogP) is 2.16. The molecule has 1 aliphatic rings. The zero-order valence-electron chi connectivity index (χ0n) is 11.8. The van der Waals surface area contributed by atoms with Crippen molar-refractivity contribution in [2.45, 2.75) is 0 Å². The maximum Gasteiger partial charge on any atom is 0.265 e. The van der Waals surface area contributed by atoms with Crippen LogP contribution in [0.2, 0.25) is 5.02 Å². The Hall–Kier alpha value is -2.18. The summed E-state index contributed by atoms with van der Waals surface area (Å²) in [4.78, 5) is 25.7. The fourth-order valence-corrected chi connectivity index (χ4v) is 2.39. The summed E-state index contributed by atoms with van der Waals surface area (Å²) in [5.74, 6) is -0.547. The van der Waals surface area contributed by atoms with E-state index >= 15 is 0 Å². The van der Waals surface area contributed by atoms with Crippen LogP contribution in [0.15, 0.2) is 36.4 Å². The van der Waals surface area contributed by atoms with Crippen molar-refractivity contribution in [1.82, 2.24) is 10.2 Å². The summed E-state index contributed by atoms with van der Waals surface area (Å²) < 4.78 is 5.21. The van der Waals surface area contributed by atoms with Gasteiger partial charge in [-0.3, -0.25) is 19.8 Å². The molecule has 1 aliphatic heterocycles. The summed E-state index contributed by atoms with van der Waals surface area (Å²) in [6, 6.07) is 4.93. The maximum atomic E-state index is 12.4. The van der Waals surface area contributed by atoms with E-state index in [0.717, 1.165) is 0 Å². The Morgan fingerprint density at radius 3 is 2.82 bits per heavy atom. The molecule has 1 saturated heterocycles. The number of halogens is 1. The molecule has 0 bridgehead atoms. The highest BCUT2D eigenvalue weighted by atomic mass is 35.5. The van der Waals surface area contributed by atoms with Gasteiger partial charge in [-0.1, -0.05) is 17.7 Å². The molecule has 0 aliphatic carbocycles. The molecule has 22 heavy (non-hydrogen) atoms. The molecule has 2 rings (SSSR count). The lowest BCUT2D eigenvalue weighted by molar-refractivity contribution is -0.128. The molecule has 1 aromatic rings. The van der Waals surface area contributed by atoms with Gasteiger partial charge in [-0.05, 0) is 36.5 Å². The number of thiocarbonyl (C=S) groups is 1. The quantitative estimate of drug-likeness (QED) is 0.396. The monoisotopic (exact) mass is 336 g/mol. The third-order valence-electron chi connectivity index (χ3n) is 2.99. The number of methoxy groups -OCH3 is 1. The van der Waals surface area contributed by atoms with Gasteiger partial charge in [0.2, 0.25) is 0 Å². The Bertz CT molecular complexity index is 700. The number of rotatable bonds is 4.